The highest BCUT2D eigenvalue weighted by Gasteiger charge is 2.13. The van der Waals surface area contributed by atoms with E-state index in [1.54, 1.807) is 25.3 Å². The van der Waals surface area contributed by atoms with E-state index in [0.717, 1.165) is 25.1 Å². The van der Waals surface area contributed by atoms with E-state index in [9.17, 15) is 4.39 Å². The molecule has 0 bridgehead atoms. The van der Waals surface area contributed by atoms with Crippen molar-refractivity contribution < 1.29 is 13.9 Å². The number of nitrogens with one attached hydrogen (secondary N) is 1. The van der Waals surface area contributed by atoms with Gasteiger partial charge < -0.3 is 19.7 Å². The quantitative estimate of drug-likeness (QED) is 0.568. The van der Waals surface area contributed by atoms with Gasteiger partial charge in [-0.2, -0.15) is 0 Å². The molecule has 2 aromatic carbocycles. The van der Waals surface area contributed by atoms with E-state index in [0.29, 0.717) is 33.7 Å². The van der Waals surface area contributed by atoms with Crippen molar-refractivity contribution in [2.45, 2.75) is 19.6 Å². The highest BCUT2D eigenvalue weighted by atomic mass is 35.5. The Labute approximate surface area is 170 Å². The van der Waals surface area contributed by atoms with Crippen molar-refractivity contribution in [2.75, 3.05) is 34.3 Å². The van der Waals surface area contributed by atoms with Gasteiger partial charge in [-0.15, -0.1) is 0 Å². The molecule has 0 heterocycles. The lowest BCUT2D eigenvalue weighted by molar-refractivity contribution is 0.279. The van der Waals surface area contributed by atoms with Gasteiger partial charge in [0.25, 0.3) is 0 Å². The van der Waals surface area contributed by atoms with E-state index in [1.807, 2.05) is 6.07 Å². The van der Waals surface area contributed by atoms with Crippen LogP contribution in [0.3, 0.4) is 0 Å². The second kappa shape index (κ2) is 10.7. The largest absolute Gasteiger partial charge is 0.493 e. The summed E-state index contributed by atoms with van der Waals surface area (Å²) in [6.07, 6.45) is 1.05. The SMILES string of the molecule is COc1cc(CNCCCN(C)C)c(Cl)cc1OCc1c(F)cccc1Cl. The average Bonchev–Trinajstić information content (AvgIpc) is 2.62. The van der Waals surface area contributed by atoms with Crippen LogP contribution in [0.2, 0.25) is 10.0 Å². The monoisotopic (exact) mass is 414 g/mol. The third kappa shape index (κ3) is 6.54. The number of nitrogens with zero attached hydrogens (tertiary/aromatic N) is 1. The smallest absolute Gasteiger partial charge is 0.163 e. The van der Waals surface area contributed by atoms with Crippen LogP contribution in [0.1, 0.15) is 17.5 Å². The van der Waals surface area contributed by atoms with Crippen LogP contribution in [0.5, 0.6) is 11.5 Å². The molecule has 4 nitrogen and oxygen atoms in total. The van der Waals surface area contributed by atoms with Gasteiger partial charge in [0.15, 0.2) is 11.5 Å². The Bertz CT molecular complexity index is 737. The molecule has 7 heteroatoms. The second-order valence-corrected chi connectivity index (χ2v) is 7.23. The Morgan fingerprint density at radius 1 is 1.11 bits per heavy atom. The minimum absolute atomic E-state index is 0.0136. The predicted molar refractivity (Wildman–Crippen MR) is 109 cm³/mol. The van der Waals surface area contributed by atoms with Gasteiger partial charge in [-0.25, -0.2) is 4.39 Å². The molecule has 0 saturated carbocycles. The van der Waals surface area contributed by atoms with Crippen molar-refractivity contribution in [1.29, 1.82) is 0 Å². The molecular formula is C20H25Cl2FN2O2. The van der Waals surface area contributed by atoms with Gasteiger partial charge in [-0.05, 0) is 57.4 Å². The van der Waals surface area contributed by atoms with Gasteiger partial charge in [0, 0.05) is 23.2 Å². The Morgan fingerprint density at radius 3 is 2.56 bits per heavy atom. The third-order valence-electron chi connectivity index (χ3n) is 4.04. The number of methoxy groups -OCH3 is 1. The maximum atomic E-state index is 13.9. The number of hydrogen-bond acceptors (Lipinski definition) is 4. The summed E-state index contributed by atoms with van der Waals surface area (Å²) in [6, 6.07) is 8.04. The van der Waals surface area contributed by atoms with E-state index < -0.39 is 5.82 Å². The zero-order valence-electron chi connectivity index (χ0n) is 15.8. The molecule has 0 aromatic heterocycles. The standard InChI is InChI=1S/C20H25Cl2FN2O2/c1-25(2)9-5-8-24-12-14-10-19(26-3)20(11-17(14)22)27-13-15-16(21)6-4-7-18(15)23/h4,6-7,10-11,24H,5,8-9,12-13H2,1-3H3. The fourth-order valence-corrected chi connectivity index (χ4v) is 2.99. The summed E-state index contributed by atoms with van der Waals surface area (Å²) in [5.74, 6) is 0.571. The van der Waals surface area contributed by atoms with Crippen LogP contribution in [-0.2, 0) is 13.2 Å². The molecule has 0 amide bonds. The van der Waals surface area contributed by atoms with E-state index in [2.05, 4.69) is 24.3 Å². The molecule has 148 valence electrons. The maximum absolute atomic E-state index is 13.9. The molecule has 0 unspecified atom stereocenters. The summed E-state index contributed by atoms with van der Waals surface area (Å²) in [5.41, 5.74) is 1.21. The van der Waals surface area contributed by atoms with E-state index in [-0.39, 0.29) is 6.61 Å². The summed E-state index contributed by atoms with van der Waals surface area (Å²) >= 11 is 12.4. The molecule has 2 aromatic rings. The Balaban J connectivity index is 2.02. The molecule has 0 aliphatic heterocycles. The minimum Gasteiger partial charge on any atom is -0.493 e. The van der Waals surface area contributed by atoms with Crippen LogP contribution in [-0.4, -0.2) is 39.2 Å². The van der Waals surface area contributed by atoms with Gasteiger partial charge in [-0.1, -0.05) is 29.3 Å². The van der Waals surface area contributed by atoms with Gasteiger partial charge >= 0.3 is 0 Å². The summed E-state index contributed by atoms with van der Waals surface area (Å²) < 4.78 is 25.0. The molecule has 0 radical (unpaired) electrons. The molecule has 0 spiro atoms. The zero-order chi connectivity index (χ0) is 19.8. The first kappa shape index (κ1) is 21.8. The van der Waals surface area contributed by atoms with Crippen molar-refractivity contribution in [3.63, 3.8) is 0 Å². The summed E-state index contributed by atoms with van der Waals surface area (Å²) in [6.45, 7) is 2.53. The minimum atomic E-state index is -0.411. The van der Waals surface area contributed by atoms with Crippen LogP contribution in [0, 0.1) is 5.82 Å². The maximum Gasteiger partial charge on any atom is 0.163 e. The highest BCUT2D eigenvalue weighted by Crippen LogP contribution is 2.34. The first-order valence-electron chi connectivity index (χ1n) is 8.70. The molecule has 1 N–H and O–H groups in total. The molecule has 0 fully saturated rings. The van der Waals surface area contributed by atoms with Crippen molar-refractivity contribution in [3.05, 3.63) is 57.3 Å². The van der Waals surface area contributed by atoms with Crippen molar-refractivity contribution in [3.8, 4) is 11.5 Å². The van der Waals surface area contributed by atoms with Gasteiger partial charge in [0.05, 0.1) is 12.1 Å². The summed E-state index contributed by atoms with van der Waals surface area (Å²) in [4.78, 5) is 2.14. The van der Waals surface area contributed by atoms with Crippen LogP contribution >= 0.6 is 23.2 Å². The Hall–Kier alpha value is -1.53. The Morgan fingerprint density at radius 2 is 1.89 bits per heavy atom. The van der Waals surface area contributed by atoms with Crippen molar-refractivity contribution in [1.82, 2.24) is 10.2 Å². The lowest BCUT2D eigenvalue weighted by Crippen LogP contribution is -2.21. The number of ether oxygens (including phenoxy) is 2. The molecular weight excluding hydrogens is 390 g/mol. The first-order valence-corrected chi connectivity index (χ1v) is 9.45. The van der Waals surface area contributed by atoms with Gasteiger partial charge in [-0.3, -0.25) is 0 Å². The Kier molecular flexibility index (Phi) is 8.64. The number of benzene rings is 2. The van der Waals surface area contributed by atoms with Crippen LogP contribution in [0.4, 0.5) is 4.39 Å². The molecule has 0 aliphatic rings. The van der Waals surface area contributed by atoms with Crippen molar-refractivity contribution >= 4 is 23.2 Å². The summed E-state index contributed by atoms with van der Waals surface area (Å²) in [5, 5.41) is 4.25. The first-order chi connectivity index (χ1) is 12.9. The number of halogens is 3. The topological polar surface area (TPSA) is 33.7 Å². The zero-order valence-corrected chi connectivity index (χ0v) is 17.3. The van der Waals surface area contributed by atoms with Crippen LogP contribution < -0.4 is 14.8 Å². The molecule has 2 rings (SSSR count). The molecule has 0 aliphatic carbocycles. The predicted octanol–water partition coefficient (Wildman–Crippen LogP) is 4.76. The average molecular weight is 415 g/mol. The van der Waals surface area contributed by atoms with Gasteiger partial charge in [0.2, 0.25) is 0 Å². The number of hydrogen-bond donors (Lipinski definition) is 1. The molecule has 27 heavy (non-hydrogen) atoms. The lowest BCUT2D eigenvalue weighted by atomic mass is 10.2. The van der Waals surface area contributed by atoms with E-state index in [4.69, 9.17) is 32.7 Å². The van der Waals surface area contributed by atoms with Gasteiger partial charge in [0.1, 0.15) is 12.4 Å². The second-order valence-electron chi connectivity index (χ2n) is 6.42. The number of rotatable bonds is 10. The van der Waals surface area contributed by atoms with Crippen LogP contribution in [0.15, 0.2) is 30.3 Å². The van der Waals surface area contributed by atoms with Crippen LogP contribution in [0.25, 0.3) is 0 Å². The summed E-state index contributed by atoms with van der Waals surface area (Å²) in [7, 11) is 5.66. The van der Waals surface area contributed by atoms with Crippen molar-refractivity contribution in [2.24, 2.45) is 0 Å². The highest BCUT2D eigenvalue weighted by molar-refractivity contribution is 6.31. The fraction of sp³-hybridized carbons (Fsp3) is 0.400. The third-order valence-corrected chi connectivity index (χ3v) is 4.75. The molecule has 0 saturated heterocycles. The lowest BCUT2D eigenvalue weighted by Gasteiger charge is -2.15. The fourth-order valence-electron chi connectivity index (χ4n) is 2.55. The normalized spacial score (nSPS) is 11.1. The van der Waals surface area contributed by atoms with E-state index >= 15 is 0 Å². The van der Waals surface area contributed by atoms with E-state index in [1.165, 1.54) is 6.07 Å². The molecule has 0 atom stereocenters.